The molecule has 0 unspecified atom stereocenters. The third-order valence-corrected chi connectivity index (χ3v) is 3.78. The van der Waals surface area contributed by atoms with Gasteiger partial charge in [-0.15, -0.1) is 5.10 Å². The molecular weight excluding hydrogens is 346 g/mol. The Bertz CT molecular complexity index is 939. The SMILES string of the molecule is CCOc1ccc(C(=O)Nc2cccc(-n3nnnc3C)c2)cc1OCC. The van der Waals surface area contributed by atoms with E-state index in [1.807, 2.05) is 26.0 Å². The zero-order chi connectivity index (χ0) is 19.2. The van der Waals surface area contributed by atoms with Crippen molar-refractivity contribution in [1.82, 2.24) is 20.2 Å². The van der Waals surface area contributed by atoms with Crippen molar-refractivity contribution in [3.05, 3.63) is 53.9 Å². The monoisotopic (exact) mass is 367 g/mol. The molecule has 140 valence electrons. The minimum absolute atomic E-state index is 0.246. The molecule has 3 aromatic rings. The van der Waals surface area contributed by atoms with Gasteiger partial charge in [-0.25, -0.2) is 0 Å². The van der Waals surface area contributed by atoms with Crippen molar-refractivity contribution in [1.29, 1.82) is 0 Å². The highest BCUT2D eigenvalue weighted by Gasteiger charge is 2.12. The predicted octanol–water partition coefficient (Wildman–Crippen LogP) is 3.02. The fraction of sp³-hybridized carbons (Fsp3) is 0.263. The second-order valence-electron chi connectivity index (χ2n) is 5.67. The van der Waals surface area contributed by atoms with E-state index >= 15 is 0 Å². The van der Waals surface area contributed by atoms with Crippen LogP contribution in [0.3, 0.4) is 0 Å². The van der Waals surface area contributed by atoms with E-state index in [4.69, 9.17) is 9.47 Å². The van der Waals surface area contributed by atoms with Gasteiger partial charge < -0.3 is 14.8 Å². The first-order valence-corrected chi connectivity index (χ1v) is 8.68. The van der Waals surface area contributed by atoms with Crippen LogP contribution >= 0.6 is 0 Å². The van der Waals surface area contributed by atoms with Gasteiger partial charge in [0.2, 0.25) is 0 Å². The fourth-order valence-electron chi connectivity index (χ4n) is 2.58. The lowest BCUT2D eigenvalue weighted by atomic mass is 10.1. The summed E-state index contributed by atoms with van der Waals surface area (Å²) in [4.78, 5) is 12.6. The molecule has 0 bridgehead atoms. The fourth-order valence-corrected chi connectivity index (χ4v) is 2.58. The Hall–Kier alpha value is -3.42. The number of amides is 1. The number of aromatic nitrogens is 4. The minimum Gasteiger partial charge on any atom is -0.490 e. The van der Waals surface area contributed by atoms with E-state index < -0.39 is 0 Å². The lowest BCUT2D eigenvalue weighted by molar-refractivity contribution is 0.102. The average Bonchev–Trinajstić information content (AvgIpc) is 3.10. The predicted molar refractivity (Wildman–Crippen MR) is 101 cm³/mol. The first-order chi connectivity index (χ1) is 13.1. The molecule has 0 atom stereocenters. The number of nitrogens with one attached hydrogen (secondary N) is 1. The molecule has 1 aromatic heterocycles. The molecule has 2 aromatic carbocycles. The molecule has 1 amide bonds. The molecule has 8 nitrogen and oxygen atoms in total. The quantitative estimate of drug-likeness (QED) is 0.690. The molecule has 0 radical (unpaired) electrons. The highest BCUT2D eigenvalue weighted by Crippen LogP contribution is 2.29. The van der Waals surface area contributed by atoms with Gasteiger partial charge in [0.15, 0.2) is 17.3 Å². The molecule has 0 aliphatic carbocycles. The third kappa shape index (κ3) is 4.22. The maximum atomic E-state index is 12.6. The number of rotatable bonds is 7. The zero-order valence-corrected chi connectivity index (χ0v) is 15.5. The van der Waals surface area contributed by atoms with Crippen LogP contribution in [0.5, 0.6) is 11.5 Å². The number of ether oxygens (including phenoxy) is 2. The van der Waals surface area contributed by atoms with E-state index in [9.17, 15) is 4.79 Å². The van der Waals surface area contributed by atoms with Gasteiger partial charge in [0.25, 0.3) is 5.91 Å². The highest BCUT2D eigenvalue weighted by atomic mass is 16.5. The summed E-state index contributed by atoms with van der Waals surface area (Å²) >= 11 is 0. The van der Waals surface area contributed by atoms with Crippen molar-refractivity contribution in [2.45, 2.75) is 20.8 Å². The summed E-state index contributed by atoms with van der Waals surface area (Å²) in [6.07, 6.45) is 0. The lowest BCUT2D eigenvalue weighted by Gasteiger charge is -2.13. The van der Waals surface area contributed by atoms with Gasteiger partial charge in [-0.1, -0.05) is 6.07 Å². The topological polar surface area (TPSA) is 91.2 Å². The normalized spacial score (nSPS) is 10.5. The Labute approximate surface area is 157 Å². The van der Waals surface area contributed by atoms with Crippen molar-refractivity contribution in [2.75, 3.05) is 18.5 Å². The highest BCUT2D eigenvalue weighted by molar-refractivity contribution is 6.04. The van der Waals surface area contributed by atoms with Crippen LogP contribution in [-0.2, 0) is 0 Å². The summed E-state index contributed by atoms with van der Waals surface area (Å²) in [5.41, 5.74) is 1.88. The van der Waals surface area contributed by atoms with Gasteiger partial charge in [-0.3, -0.25) is 4.79 Å². The maximum absolute atomic E-state index is 12.6. The van der Waals surface area contributed by atoms with Gasteiger partial charge in [-0.2, -0.15) is 4.68 Å². The lowest BCUT2D eigenvalue weighted by Crippen LogP contribution is -2.13. The van der Waals surface area contributed by atoms with Crippen LogP contribution in [0.2, 0.25) is 0 Å². The summed E-state index contributed by atoms with van der Waals surface area (Å²) in [5, 5.41) is 14.3. The van der Waals surface area contributed by atoms with Crippen LogP contribution in [-0.4, -0.2) is 39.3 Å². The third-order valence-electron chi connectivity index (χ3n) is 3.78. The van der Waals surface area contributed by atoms with Crippen LogP contribution in [0.15, 0.2) is 42.5 Å². The van der Waals surface area contributed by atoms with Crippen LogP contribution in [0.25, 0.3) is 5.69 Å². The first-order valence-electron chi connectivity index (χ1n) is 8.68. The molecule has 1 heterocycles. The number of hydrogen-bond donors (Lipinski definition) is 1. The number of tetrazole rings is 1. The Morgan fingerprint density at radius 1 is 1.07 bits per heavy atom. The van der Waals surface area contributed by atoms with Crippen molar-refractivity contribution in [2.24, 2.45) is 0 Å². The number of anilines is 1. The van der Waals surface area contributed by atoms with Crippen molar-refractivity contribution < 1.29 is 14.3 Å². The molecule has 0 spiro atoms. The van der Waals surface area contributed by atoms with E-state index in [-0.39, 0.29) is 5.91 Å². The molecule has 0 aliphatic rings. The number of hydrogen-bond acceptors (Lipinski definition) is 6. The van der Waals surface area contributed by atoms with Crippen molar-refractivity contribution in [3.63, 3.8) is 0 Å². The number of nitrogens with zero attached hydrogens (tertiary/aromatic N) is 4. The summed E-state index contributed by atoms with van der Waals surface area (Å²) < 4.78 is 12.7. The first kappa shape index (κ1) is 18.4. The van der Waals surface area contributed by atoms with E-state index in [2.05, 4.69) is 20.8 Å². The van der Waals surface area contributed by atoms with Gasteiger partial charge >= 0.3 is 0 Å². The van der Waals surface area contributed by atoms with Gasteiger partial charge in [0.1, 0.15) is 0 Å². The Kier molecular flexibility index (Phi) is 5.65. The number of carbonyl (C=O) groups is 1. The van der Waals surface area contributed by atoms with Crippen LogP contribution in [0.1, 0.15) is 30.0 Å². The van der Waals surface area contributed by atoms with E-state index in [0.29, 0.717) is 41.8 Å². The Balaban J connectivity index is 1.81. The zero-order valence-electron chi connectivity index (χ0n) is 15.5. The van der Waals surface area contributed by atoms with Crippen LogP contribution < -0.4 is 14.8 Å². The largest absolute Gasteiger partial charge is 0.490 e. The standard InChI is InChI=1S/C19H21N5O3/c1-4-26-17-10-9-14(11-18(17)27-5-2)19(25)20-15-7-6-8-16(12-15)24-13(3)21-22-23-24/h6-12H,4-5H2,1-3H3,(H,20,25). The molecule has 27 heavy (non-hydrogen) atoms. The van der Waals surface area contributed by atoms with E-state index in [1.165, 1.54) is 0 Å². The molecular formula is C19H21N5O3. The minimum atomic E-state index is -0.246. The Morgan fingerprint density at radius 2 is 1.85 bits per heavy atom. The molecule has 0 fully saturated rings. The molecule has 1 N–H and O–H groups in total. The van der Waals surface area contributed by atoms with Gasteiger partial charge in [0, 0.05) is 11.3 Å². The summed E-state index contributed by atoms with van der Waals surface area (Å²) in [6, 6.07) is 12.4. The number of aryl methyl sites for hydroxylation is 1. The maximum Gasteiger partial charge on any atom is 0.255 e. The summed E-state index contributed by atoms with van der Waals surface area (Å²) in [5.74, 6) is 1.58. The van der Waals surface area contributed by atoms with Crippen molar-refractivity contribution >= 4 is 11.6 Å². The number of carbonyl (C=O) groups excluding carboxylic acids is 1. The average molecular weight is 367 g/mol. The molecule has 3 rings (SSSR count). The summed E-state index contributed by atoms with van der Waals surface area (Å²) in [7, 11) is 0. The van der Waals surface area contributed by atoms with Crippen LogP contribution in [0, 0.1) is 6.92 Å². The molecule has 0 saturated heterocycles. The number of benzene rings is 2. The molecule has 8 heteroatoms. The van der Waals surface area contributed by atoms with E-state index in [0.717, 1.165) is 5.69 Å². The molecule has 0 aliphatic heterocycles. The van der Waals surface area contributed by atoms with Gasteiger partial charge in [0.05, 0.1) is 18.9 Å². The summed E-state index contributed by atoms with van der Waals surface area (Å²) in [6.45, 7) is 6.60. The Morgan fingerprint density at radius 3 is 2.56 bits per heavy atom. The van der Waals surface area contributed by atoms with Crippen molar-refractivity contribution in [3.8, 4) is 17.2 Å². The van der Waals surface area contributed by atoms with Gasteiger partial charge in [-0.05, 0) is 67.6 Å². The smallest absolute Gasteiger partial charge is 0.255 e. The second-order valence-corrected chi connectivity index (χ2v) is 5.67. The molecule has 0 saturated carbocycles. The van der Waals surface area contributed by atoms with E-state index in [1.54, 1.807) is 41.9 Å². The van der Waals surface area contributed by atoms with Crippen LogP contribution in [0.4, 0.5) is 5.69 Å². The second kappa shape index (κ2) is 8.31.